The van der Waals surface area contributed by atoms with E-state index < -0.39 is 5.97 Å². The van der Waals surface area contributed by atoms with Crippen LogP contribution in [0.25, 0.3) is 0 Å². The van der Waals surface area contributed by atoms with Crippen molar-refractivity contribution in [3.05, 3.63) is 59.3 Å². The van der Waals surface area contributed by atoms with Crippen LogP contribution in [0.3, 0.4) is 0 Å². The SMILES string of the molecule is CCCc1cc(C(=O)O)cc(NCCc2ccccc2)n1. The van der Waals surface area contributed by atoms with Gasteiger partial charge in [-0.05, 0) is 30.5 Å². The van der Waals surface area contributed by atoms with E-state index in [0.29, 0.717) is 5.82 Å². The van der Waals surface area contributed by atoms with Gasteiger partial charge in [0.15, 0.2) is 0 Å². The van der Waals surface area contributed by atoms with Gasteiger partial charge in [0.25, 0.3) is 0 Å². The van der Waals surface area contributed by atoms with E-state index in [9.17, 15) is 4.79 Å². The summed E-state index contributed by atoms with van der Waals surface area (Å²) in [7, 11) is 0. The van der Waals surface area contributed by atoms with E-state index in [0.717, 1.165) is 31.5 Å². The zero-order valence-electron chi connectivity index (χ0n) is 12.2. The van der Waals surface area contributed by atoms with Gasteiger partial charge in [0.2, 0.25) is 0 Å². The molecule has 1 aromatic heterocycles. The summed E-state index contributed by atoms with van der Waals surface area (Å²) in [5, 5.41) is 12.4. The zero-order valence-corrected chi connectivity index (χ0v) is 12.2. The lowest BCUT2D eigenvalue weighted by atomic mass is 10.1. The van der Waals surface area contributed by atoms with E-state index in [1.807, 2.05) is 18.2 Å². The third-order valence-corrected chi connectivity index (χ3v) is 3.19. The summed E-state index contributed by atoms with van der Waals surface area (Å²) in [5.41, 5.74) is 2.35. The topological polar surface area (TPSA) is 62.2 Å². The third kappa shape index (κ3) is 4.60. The average molecular weight is 284 g/mol. The number of hydrogen-bond acceptors (Lipinski definition) is 3. The number of hydrogen-bond donors (Lipinski definition) is 2. The molecule has 0 atom stereocenters. The first-order chi connectivity index (χ1) is 10.2. The van der Waals surface area contributed by atoms with Crippen LogP contribution in [0.5, 0.6) is 0 Å². The molecular weight excluding hydrogens is 264 g/mol. The molecule has 2 N–H and O–H groups in total. The number of aromatic nitrogens is 1. The molecular formula is C17H20N2O2. The summed E-state index contributed by atoms with van der Waals surface area (Å²) in [5.74, 6) is -0.282. The van der Waals surface area contributed by atoms with Gasteiger partial charge in [0.05, 0.1) is 5.56 Å². The number of carboxylic acids is 1. The number of anilines is 1. The molecule has 0 bridgehead atoms. The van der Waals surface area contributed by atoms with Crippen LogP contribution in [0.1, 0.15) is 35.0 Å². The standard InChI is InChI=1S/C17H20N2O2/c1-2-6-15-11-14(17(20)21)12-16(19-15)18-10-9-13-7-4-3-5-8-13/h3-5,7-8,11-12H,2,6,9-10H2,1H3,(H,18,19)(H,20,21). The first kappa shape index (κ1) is 15.0. The zero-order chi connectivity index (χ0) is 15.1. The Morgan fingerprint density at radius 2 is 1.95 bits per heavy atom. The van der Waals surface area contributed by atoms with Crippen molar-refractivity contribution in [1.82, 2.24) is 4.98 Å². The Morgan fingerprint density at radius 1 is 1.19 bits per heavy atom. The molecule has 0 radical (unpaired) electrons. The van der Waals surface area contributed by atoms with E-state index in [1.54, 1.807) is 12.1 Å². The summed E-state index contributed by atoms with van der Waals surface area (Å²) in [6.07, 6.45) is 2.61. The van der Waals surface area contributed by atoms with Crippen molar-refractivity contribution < 1.29 is 9.90 Å². The molecule has 4 nitrogen and oxygen atoms in total. The van der Waals surface area contributed by atoms with E-state index in [2.05, 4.69) is 29.4 Å². The lowest BCUT2D eigenvalue weighted by Crippen LogP contribution is -2.09. The Hall–Kier alpha value is -2.36. The minimum absolute atomic E-state index is 0.288. The third-order valence-electron chi connectivity index (χ3n) is 3.19. The van der Waals surface area contributed by atoms with Crippen LogP contribution in [-0.4, -0.2) is 22.6 Å². The highest BCUT2D eigenvalue weighted by molar-refractivity contribution is 5.88. The van der Waals surface area contributed by atoms with Gasteiger partial charge >= 0.3 is 5.97 Å². The molecule has 110 valence electrons. The highest BCUT2D eigenvalue weighted by atomic mass is 16.4. The molecule has 0 spiro atoms. The number of carbonyl (C=O) groups is 1. The van der Waals surface area contributed by atoms with Crippen LogP contribution >= 0.6 is 0 Å². The minimum atomic E-state index is -0.916. The van der Waals surface area contributed by atoms with Crippen molar-refractivity contribution in [3.8, 4) is 0 Å². The number of carboxylic acid groups (broad SMARTS) is 1. The van der Waals surface area contributed by atoms with Crippen molar-refractivity contribution in [2.45, 2.75) is 26.2 Å². The van der Waals surface area contributed by atoms with Gasteiger partial charge in [-0.2, -0.15) is 0 Å². The first-order valence-electron chi connectivity index (χ1n) is 7.21. The normalized spacial score (nSPS) is 10.3. The van der Waals surface area contributed by atoms with Crippen LogP contribution in [0.15, 0.2) is 42.5 Å². The molecule has 0 aliphatic heterocycles. The maximum atomic E-state index is 11.1. The van der Waals surface area contributed by atoms with Gasteiger partial charge in [-0.15, -0.1) is 0 Å². The van der Waals surface area contributed by atoms with Crippen molar-refractivity contribution in [3.63, 3.8) is 0 Å². The van der Waals surface area contributed by atoms with E-state index in [-0.39, 0.29) is 5.56 Å². The first-order valence-corrected chi connectivity index (χ1v) is 7.21. The maximum Gasteiger partial charge on any atom is 0.335 e. The minimum Gasteiger partial charge on any atom is -0.478 e. The summed E-state index contributed by atoms with van der Waals surface area (Å²) in [4.78, 5) is 15.6. The summed E-state index contributed by atoms with van der Waals surface area (Å²) in [6.45, 7) is 2.78. The van der Waals surface area contributed by atoms with Crippen LogP contribution in [0, 0.1) is 0 Å². The van der Waals surface area contributed by atoms with Gasteiger partial charge in [-0.25, -0.2) is 9.78 Å². The average Bonchev–Trinajstić information content (AvgIpc) is 2.48. The highest BCUT2D eigenvalue weighted by Crippen LogP contribution is 2.12. The molecule has 0 amide bonds. The predicted molar refractivity (Wildman–Crippen MR) is 83.8 cm³/mol. The fourth-order valence-electron chi connectivity index (χ4n) is 2.17. The second-order valence-corrected chi connectivity index (χ2v) is 4.95. The quantitative estimate of drug-likeness (QED) is 0.818. The van der Waals surface area contributed by atoms with Crippen LogP contribution in [0.2, 0.25) is 0 Å². The molecule has 0 unspecified atom stereocenters. The van der Waals surface area contributed by atoms with Gasteiger partial charge in [-0.1, -0.05) is 43.7 Å². The van der Waals surface area contributed by atoms with Crippen LogP contribution in [0.4, 0.5) is 5.82 Å². The predicted octanol–water partition coefficient (Wildman–Crippen LogP) is 3.39. The Balaban J connectivity index is 2.03. The molecule has 0 saturated heterocycles. The monoisotopic (exact) mass is 284 g/mol. The van der Waals surface area contributed by atoms with Gasteiger partial charge in [-0.3, -0.25) is 0 Å². The summed E-state index contributed by atoms with van der Waals surface area (Å²) >= 11 is 0. The van der Waals surface area contributed by atoms with Crippen molar-refractivity contribution >= 4 is 11.8 Å². The maximum absolute atomic E-state index is 11.1. The molecule has 1 heterocycles. The second kappa shape index (κ2) is 7.43. The van der Waals surface area contributed by atoms with Crippen molar-refractivity contribution in [2.75, 3.05) is 11.9 Å². The lowest BCUT2D eigenvalue weighted by Gasteiger charge is -2.09. The Morgan fingerprint density at radius 3 is 2.62 bits per heavy atom. The fraction of sp³-hybridized carbons (Fsp3) is 0.294. The van der Waals surface area contributed by atoms with Gasteiger partial charge in [0, 0.05) is 12.2 Å². The Kier molecular flexibility index (Phi) is 5.32. The molecule has 0 saturated carbocycles. The van der Waals surface area contributed by atoms with Crippen LogP contribution in [-0.2, 0) is 12.8 Å². The molecule has 2 rings (SSSR count). The Bertz CT molecular complexity index is 597. The van der Waals surface area contributed by atoms with E-state index in [1.165, 1.54) is 5.56 Å². The number of aromatic carboxylic acids is 1. The molecule has 0 aliphatic rings. The molecule has 2 aromatic rings. The smallest absolute Gasteiger partial charge is 0.335 e. The van der Waals surface area contributed by atoms with Crippen molar-refractivity contribution in [2.24, 2.45) is 0 Å². The van der Waals surface area contributed by atoms with Crippen LogP contribution < -0.4 is 5.32 Å². The largest absolute Gasteiger partial charge is 0.478 e. The number of rotatable bonds is 7. The number of aryl methyl sites for hydroxylation is 1. The molecule has 0 fully saturated rings. The fourth-order valence-corrected chi connectivity index (χ4v) is 2.17. The Labute approximate surface area is 124 Å². The van der Waals surface area contributed by atoms with E-state index >= 15 is 0 Å². The molecule has 4 heteroatoms. The summed E-state index contributed by atoms with van der Waals surface area (Å²) < 4.78 is 0. The van der Waals surface area contributed by atoms with Gasteiger partial charge in [0.1, 0.15) is 5.82 Å². The number of nitrogens with one attached hydrogen (secondary N) is 1. The van der Waals surface area contributed by atoms with Gasteiger partial charge < -0.3 is 10.4 Å². The molecule has 21 heavy (non-hydrogen) atoms. The van der Waals surface area contributed by atoms with E-state index in [4.69, 9.17) is 5.11 Å². The van der Waals surface area contributed by atoms with Crippen molar-refractivity contribution in [1.29, 1.82) is 0 Å². The number of pyridine rings is 1. The number of benzene rings is 1. The highest BCUT2D eigenvalue weighted by Gasteiger charge is 2.08. The number of nitrogens with zero attached hydrogens (tertiary/aromatic N) is 1. The molecule has 1 aromatic carbocycles. The summed E-state index contributed by atoms with van der Waals surface area (Å²) in [6, 6.07) is 13.4. The molecule has 0 aliphatic carbocycles. The lowest BCUT2D eigenvalue weighted by molar-refractivity contribution is 0.0696. The second-order valence-electron chi connectivity index (χ2n) is 4.95.